The van der Waals surface area contributed by atoms with Crippen LogP contribution in [-0.2, 0) is 9.53 Å². The van der Waals surface area contributed by atoms with Crippen molar-refractivity contribution in [1.82, 2.24) is 4.90 Å². The van der Waals surface area contributed by atoms with E-state index >= 15 is 0 Å². The zero-order chi connectivity index (χ0) is 9.56. The molecule has 1 atom stereocenters. The van der Waals surface area contributed by atoms with Crippen LogP contribution in [0, 0.1) is 5.92 Å². The Morgan fingerprint density at radius 3 is 2.58 bits per heavy atom. The molecule has 3 nitrogen and oxygen atoms in total. The number of likely N-dealkylation sites (N-methyl/N-ethyl adjacent to an activating group) is 1. The molecule has 0 bridgehead atoms. The molecule has 12 heavy (non-hydrogen) atoms. The predicted molar refractivity (Wildman–Crippen MR) is 49.0 cm³/mol. The summed E-state index contributed by atoms with van der Waals surface area (Å²) in [5, 5.41) is 0. The Kier molecular flexibility index (Phi) is 5.72. The Bertz CT molecular complexity index is 136. The van der Waals surface area contributed by atoms with E-state index in [1.54, 1.807) is 0 Å². The number of carbonyl (C=O) groups excluding carboxylic acids is 1. The van der Waals surface area contributed by atoms with Gasteiger partial charge in [-0.1, -0.05) is 20.3 Å². The predicted octanol–water partition coefficient (Wildman–Crippen LogP) is 1.14. The third-order valence-corrected chi connectivity index (χ3v) is 1.95. The summed E-state index contributed by atoms with van der Waals surface area (Å²) in [6.45, 7) is 5.66. The van der Waals surface area contributed by atoms with Gasteiger partial charge in [0.25, 0.3) is 0 Å². The molecule has 0 fully saturated rings. The number of hydrogen-bond acceptors (Lipinski definition) is 3. The minimum Gasteiger partial charge on any atom is -0.468 e. The lowest BCUT2D eigenvalue weighted by Gasteiger charge is -2.18. The van der Waals surface area contributed by atoms with Gasteiger partial charge < -0.3 is 4.74 Å². The molecule has 1 unspecified atom stereocenters. The average Bonchev–Trinajstić information content (AvgIpc) is 2.03. The highest BCUT2D eigenvalue weighted by Crippen LogP contribution is 2.01. The zero-order valence-corrected chi connectivity index (χ0v) is 8.46. The largest absolute Gasteiger partial charge is 0.468 e. The van der Waals surface area contributed by atoms with Crippen LogP contribution in [0.2, 0.25) is 0 Å². The quantitative estimate of drug-likeness (QED) is 0.584. The molecule has 0 heterocycles. The summed E-state index contributed by atoms with van der Waals surface area (Å²) in [7, 11) is 3.35. The average molecular weight is 173 g/mol. The maximum absolute atomic E-state index is 10.8. The molecule has 0 aliphatic rings. The second-order valence-electron chi connectivity index (χ2n) is 3.29. The van der Waals surface area contributed by atoms with Crippen molar-refractivity contribution in [1.29, 1.82) is 0 Å². The summed E-state index contributed by atoms with van der Waals surface area (Å²) in [6.07, 6.45) is 1.14. The summed E-state index contributed by atoms with van der Waals surface area (Å²) in [5.74, 6) is 0.473. The summed E-state index contributed by atoms with van der Waals surface area (Å²) < 4.78 is 4.56. The number of nitrogens with zero attached hydrogens (tertiary/aromatic N) is 1. The fraction of sp³-hybridized carbons (Fsp3) is 0.889. The topological polar surface area (TPSA) is 29.5 Å². The number of methoxy groups -OCH3 is 1. The minimum atomic E-state index is -0.166. The number of esters is 1. The number of hydrogen-bond donors (Lipinski definition) is 0. The van der Waals surface area contributed by atoms with Gasteiger partial charge in [0.05, 0.1) is 13.7 Å². The molecule has 0 spiro atoms. The summed E-state index contributed by atoms with van der Waals surface area (Å²) in [4.78, 5) is 12.8. The molecule has 0 aromatic rings. The van der Waals surface area contributed by atoms with E-state index < -0.39 is 0 Å². The highest BCUT2D eigenvalue weighted by molar-refractivity contribution is 5.71. The van der Waals surface area contributed by atoms with E-state index in [9.17, 15) is 4.79 Å². The summed E-state index contributed by atoms with van der Waals surface area (Å²) >= 11 is 0. The van der Waals surface area contributed by atoms with Gasteiger partial charge in [-0.05, 0) is 13.0 Å². The molecule has 0 rings (SSSR count). The van der Waals surface area contributed by atoms with Gasteiger partial charge in [-0.3, -0.25) is 9.69 Å². The van der Waals surface area contributed by atoms with Crippen LogP contribution in [0.4, 0.5) is 0 Å². The lowest BCUT2D eigenvalue weighted by molar-refractivity contribution is -0.141. The van der Waals surface area contributed by atoms with E-state index in [4.69, 9.17) is 0 Å². The van der Waals surface area contributed by atoms with Crippen molar-refractivity contribution >= 4 is 5.97 Å². The second kappa shape index (κ2) is 6.00. The van der Waals surface area contributed by atoms with E-state index in [1.807, 2.05) is 11.9 Å². The molecular weight excluding hydrogens is 154 g/mol. The molecule has 0 aliphatic carbocycles. The Hall–Kier alpha value is -0.570. The first-order valence-electron chi connectivity index (χ1n) is 4.35. The molecule has 0 saturated carbocycles. The van der Waals surface area contributed by atoms with E-state index in [0.29, 0.717) is 12.5 Å². The molecule has 0 aromatic heterocycles. The maximum Gasteiger partial charge on any atom is 0.319 e. The van der Waals surface area contributed by atoms with Crippen molar-refractivity contribution in [2.45, 2.75) is 20.3 Å². The van der Waals surface area contributed by atoms with Crippen LogP contribution in [-0.4, -0.2) is 38.1 Å². The van der Waals surface area contributed by atoms with Crippen molar-refractivity contribution in [2.24, 2.45) is 5.92 Å². The normalized spacial score (nSPS) is 13.1. The molecule has 0 aliphatic heterocycles. The van der Waals surface area contributed by atoms with Crippen LogP contribution in [0.5, 0.6) is 0 Å². The highest BCUT2D eigenvalue weighted by atomic mass is 16.5. The van der Waals surface area contributed by atoms with Crippen LogP contribution < -0.4 is 0 Å². The van der Waals surface area contributed by atoms with Crippen molar-refractivity contribution in [2.75, 3.05) is 27.2 Å². The van der Waals surface area contributed by atoms with Gasteiger partial charge in [-0.2, -0.15) is 0 Å². The van der Waals surface area contributed by atoms with E-state index in [0.717, 1.165) is 13.0 Å². The van der Waals surface area contributed by atoms with Crippen molar-refractivity contribution in [3.63, 3.8) is 0 Å². The first kappa shape index (κ1) is 11.4. The Balaban J connectivity index is 3.58. The van der Waals surface area contributed by atoms with Gasteiger partial charge >= 0.3 is 5.97 Å². The third-order valence-electron chi connectivity index (χ3n) is 1.95. The number of rotatable bonds is 5. The lowest BCUT2D eigenvalue weighted by atomic mass is 10.1. The molecule has 0 N–H and O–H groups in total. The monoisotopic (exact) mass is 173 g/mol. The van der Waals surface area contributed by atoms with Gasteiger partial charge in [0.15, 0.2) is 0 Å². The fourth-order valence-corrected chi connectivity index (χ4v) is 1.01. The Morgan fingerprint density at radius 2 is 2.17 bits per heavy atom. The zero-order valence-electron chi connectivity index (χ0n) is 8.46. The first-order chi connectivity index (χ1) is 5.60. The standard InChI is InChI=1S/C9H19NO2/c1-5-8(2)6-10(3)7-9(11)12-4/h8H,5-7H2,1-4H3. The van der Waals surface area contributed by atoms with Crippen molar-refractivity contribution in [3.8, 4) is 0 Å². The molecule has 72 valence electrons. The van der Waals surface area contributed by atoms with Crippen molar-refractivity contribution in [3.05, 3.63) is 0 Å². The van der Waals surface area contributed by atoms with Crippen LogP contribution in [0.25, 0.3) is 0 Å². The Labute approximate surface area is 74.7 Å². The molecule has 3 heteroatoms. The summed E-state index contributed by atoms with van der Waals surface area (Å²) in [5.41, 5.74) is 0. The Morgan fingerprint density at radius 1 is 1.58 bits per heavy atom. The fourth-order valence-electron chi connectivity index (χ4n) is 1.01. The lowest BCUT2D eigenvalue weighted by Crippen LogP contribution is -2.30. The molecule has 0 amide bonds. The maximum atomic E-state index is 10.8. The van der Waals surface area contributed by atoms with Gasteiger partial charge in [-0.15, -0.1) is 0 Å². The SMILES string of the molecule is CCC(C)CN(C)CC(=O)OC. The second-order valence-corrected chi connectivity index (χ2v) is 3.29. The smallest absolute Gasteiger partial charge is 0.319 e. The van der Waals surface area contributed by atoms with Gasteiger partial charge in [0.1, 0.15) is 0 Å². The molecule has 0 aromatic carbocycles. The highest BCUT2D eigenvalue weighted by Gasteiger charge is 2.08. The van der Waals surface area contributed by atoms with Crippen LogP contribution in [0.15, 0.2) is 0 Å². The van der Waals surface area contributed by atoms with Crippen LogP contribution >= 0.6 is 0 Å². The molecule has 0 saturated heterocycles. The van der Waals surface area contributed by atoms with Gasteiger partial charge in [0.2, 0.25) is 0 Å². The van der Waals surface area contributed by atoms with Crippen LogP contribution in [0.1, 0.15) is 20.3 Å². The molecule has 0 radical (unpaired) electrons. The first-order valence-corrected chi connectivity index (χ1v) is 4.35. The van der Waals surface area contributed by atoms with E-state index in [-0.39, 0.29) is 5.97 Å². The van der Waals surface area contributed by atoms with Gasteiger partial charge in [0, 0.05) is 6.54 Å². The van der Waals surface area contributed by atoms with Crippen molar-refractivity contribution < 1.29 is 9.53 Å². The van der Waals surface area contributed by atoms with Crippen LogP contribution in [0.3, 0.4) is 0 Å². The minimum absolute atomic E-state index is 0.166. The third kappa shape index (κ3) is 5.13. The molecular formula is C9H19NO2. The number of ether oxygens (including phenoxy) is 1. The van der Waals surface area contributed by atoms with Gasteiger partial charge in [-0.25, -0.2) is 0 Å². The van der Waals surface area contributed by atoms with E-state index in [1.165, 1.54) is 7.11 Å². The summed E-state index contributed by atoms with van der Waals surface area (Å²) in [6, 6.07) is 0. The number of carbonyl (C=O) groups is 1. The van der Waals surface area contributed by atoms with E-state index in [2.05, 4.69) is 18.6 Å².